The van der Waals surface area contributed by atoms with Crippen LogP contribution in [-0.2, 0) is 0 Å². The Bertz CT molecular complexity index is 349. The quantitative estimate of drug-likeness (QED) is 0.798. The highest BCUT2D eigenvalue weighted by Gasteiger charge is 2.17. The molecule has 5 heteroatoms. The molecule has 0 saturated carbocycles. The summed E-state index contributed by atoms with van der Waals surface area (Å²) in [6, 6.07) is 0. The van der Waals surface area contributed by atoms with Crippen LogP contribution in [0.2, 0.25) is 0 Å². The van der Waals surface area contributed by atoms with Crippen LogP contribution in [0.15, 0.2) is 6.20 Å². The van der Waals surface area contributed by atoms with E-state index in [4.69, 9.17) is 4.98 Å². The van der Waals surface area contributed by atoms with Crippen LogP contribution in [-0.4, -0.2) is 41.4 Å². The highest BCUT2D eigenvalue weighted by atomic mass is 15.3. The average molecular weight is 247 g/mol. The molecule has 2 aliphatic rings. The van der Waals surface area contributed by atoms with Crippen molar-refractivity contribution in [1.82, 2.24) is 15.2 Å². The molecule has 0 radical (unpaired) electrons. The lowest BCUT2D eigenvalue weighted by molar-refractivity contribution is 0.557. The average Bonchev–Trinajstić information content (AvgIpc) is 2.49. The molecule has 2 fully saturated rings. The van der Waals surface area contributed by atoms with Crippen LogP contribution in [0.4, 0.5) is 11.8 Å². The first kappa shape index (κ1) is 11.7. The van der Waals surface area contributed by atoms with Gasteiger partial charge in [0.05, 0.1) is 6.20 Å². The third-order valence-electron chi connectivity index (χ3n) is 3.85. The third-order valence-corrected chi connectivity index (χ3v) is 3.85. The van der Waals surface area contributed by atoms with E-state index >= 15 is 0 Å². The zero-order chi connectivity index (χ0) is 12.2. The molecule has 0 aliphatic carbocycles. The second-order valence-electron chi connectivity index (χ2n) is 5.21. The van der Waals surface area contributed by atoms with E-state index in [-0.39, 0.29) is 0 Å². The normalized spacial score (nSPS) is 21.1. The number of hydrogen-bond acceptors (Lipinski definition) is 5. The molecule has 0 unspecified atom stereocenters. The lowest BCUT2D eigenvalue weighted by Gasteiger charge is -2.29. The summed E-state index contributed by atoms with van der Waals surface area (Å²) in [5.41, 5.74) is 0. The van der Waals surface area contributed by atoms with Crippen molar-refractivity contribution in [2.75, 3.05) is 36.0 Å². The van der Waals surface area contributed by atoms with Gasteiger partial charge in [-0.05, 0) is 38.5 Å². The van der Waals surface area contributed by atoms with Gasteiger partial charge in [-0.25, -0.2) is 0 Å². The van der Waals surface area contributed by atoms with E-state index in [1.54, 1.807) is 6.20 Å². The predicted octanol–water partition coefficient (Wildman–Crippen LogP) is 1.85. The Morgan fingerprint density at radius 2 is 1.39 bits per heavy atom. The summed E-state index contributed by atoms with van der Waals surface area (Å²) >= 11 is 0. The van der Waals surface area contributed by atoms with Gasteiger partial charge in [0.15, 0.2) is 5.82 Å². The maximum absolute atomic E-state index is 4.70. The van der Waals surface area contributed by atoms with E-state index < -0.39 is 0 Å². The molecule has 0 bridgehead atoms. The lowest BCUT2D eigenvalue weighted by Crippen LogP contribution is -2.33. The van der Waals surface area contributed by atoms with E-state index in [2.05, 4.69) is 20.0 Å². The van der Waals surface area contributed by atoms with Gasteiger partial charge in [-0.15, -0.1) is 5.10 Å². The van der Waals surface area contributed by atoms with Gasteiger partial charge >= 0.3 is 0 Å². The molecule has 18 heavy (non-hydrogen) atoms. The smallest absolute Gasteiger partial charge is 0.247 e. The first-order valence-corrected chi connectivity index (χ1v) is 7.13. The number of rotatable bonds is 2. The monoisotopic (exact) mass is 247 g/mol. The van der Waals surface area contributed by atoms with Crippen LogP contribution in [0.25, 0.3) is 0 Å². The maximum Gasteiger partial charge on any atom is 0.247 e. The molecule has 2 aliphatic heterocycles. The molecular weight excluding hydrogens is 226 g/mol. The Morgan fingerprint density at radius 1 is 0.778 bits per heavy atom. The summed E-state index contributed by atoms with van der Waals surface area (Å²) in [4.78, 5) is 9.31. The van der Waals surface area contributed by atoms with Gasteiger partial charge in [-0.3, -0.25) is 0 Å². The van der Waals surface area contributed by atoms with Crippen LogP contribution in [0.5, 0.6) is 0 Å². The summed E-state index contributed by atoms with van der Waals surface area (Å²) in [6.07, 6.45) is 9.50. The number of aromatic nitrogens is 3. The number of anilines is 2. The van der Waals surface area contributed by atoms with E-state index in [1.807, 2.05) is 0 Å². The molecule has 98 valence electrons. The highest BCUT2D eigenvalue weighted by Crippen LogP contribution is 2.20. The minimum absolute atomic E-state index is 0.817. The Morgan fingerprint density at radius 3 is 2.06 bits per heavy atom. The predicted molar refractivity (Wildman–Crippen MR) is 72.0 cm³/mol. The second-order valence-corrected chi connectivity index (χ2v) is 5.21. The molecule has 5 nitrogen and oxygen atoms in total. The molecule has 1 aromatic rings. The molecule has 0 aromatic carbocycles. The number of hydrogen-bond donors (Lipinski definition) is 0. The summed E-state index contributed by atoms with van der Waals surface area (Å²) in [5.74, 6) is 1.82. The van der Waals surface area contributed by atoms with Gasteiger partial charge in [0.2, 0.25) is 5.95 Å². The summed E-state index contributed by atoms with van der Waals surface area (Å²) in [6.45, 7) is 4.37. The SMILES string of the molecule is c1nnc(N2CCCCC2)nc1N1CCCCC1. The van der Waals surface area contributed by atoms with Gasteiger partial charge < -0.3 is 9.80 Å². The first-order valence-electron chi connectivity index (χ1n) is 7.13. The molecule has 1 aromatic heterocycles. The van der Waals surface area contributed by atoms with Crippen molar-refractivity contribution in [2.24, 2.45) is 0 Å². The minimum atomic E-state index is 0.817. The van der Waals surface area contributed by atoms with Gasteiger partial charge in [0, 0.05) is 26.2 Å². The van der Waals surface area contributed by atoms with Crippen molar-refractivity contribution in [3.05, 3.63) is 6.20 Å². The number of nitrogens with zero attached hydrogens (tertiary/aromatic N) is 5. The van der Waals surface area contributed by atoms with Crippen molar-refractivity contribution in [3.8, 4) is 0 Å². The molecular formula is C13H21N5. The van der Waals surface area contributed by atoms with Gasteiger partial charge in [0.1, 0.15) is 0 Å². The Labute approximate surface area is 108 Å². The maximum atomic E-state index is 4.70. The van der Waals surface area contributed by atoms with Crippen LogP contribution < -0.4 is 9.80 Å². The molecule has 3 rings (SSSR count). The van der Waals surface area contributed by atoms with E-state index in [0.717, 1.165) is 37.9 Å². The fourth-order valence-corrected chi connectivity index (χ4v) is 2.79. The summed E-state index contributed by atoms with van der Waals surface area (Å²) in [5, 5.41) is 8.34. The van der Waals surface area contributed by atoms with Crippen molar-refractivity contribution in [1.29, 1.82) is 0 Å². The third kappa shape index (κ3) is 2.54. The Kier molecular flexibility index (Phi) is 3.57. The Hall–Kier alpha value is -1.39. The number of piperidine rings is 2. The lowest BCUT2D eigenvalue weighted by atomic mass is 10.1. The fraction of sp³-hybridized carbons (Fsp3) is 0.769. The Balaban J connectivity index is 1.75. The van der Waals surface area contributed by atoms with Crippen LogP contribution in [0.3, 0.4) is 0 Å². The molecule has 0 N–H and O–H groups in total. The van der Waals surface area contributed by atoms with Crippen LogP contribution in [0.1, 0.15) is 38.5 Å². The van der Waals surface area contributed by atoms with E-state index in [1.165, 1.54) is 38.5 Å². The van der Waals surface area contributed by atoms with Crippen molar-refractivity contribution < 1.29 is 0 Å². The van der Waals surface area contributed by atoms with E-state index in [9.17, 15) is 0 Å². The van der Waals surface area contributed by atoms with Crippen molar-refractivity contribution in [2.45, 2.75) is 38.5 Å². The van der Waals surface area contributed by atoms with Gasteiger partial charge in [-0.2, -0.15) is 10.1 Å². The zero-order valence-electron chi connectivity index (χ0n) is 10.9. The topological polar surface area (TPSA) is 45.2 Å². The molecule has 3 heterocycles. The van der Waals surface area contributed by atoms with Crippen molar-refractivity contribution in [3.63, 3.8) is 0 Å². The van der Waals surface area contributed by atoms with Crippen LogP contribution >= 0.6 is 0 Å². The summed E-state index contributed by atoms with van der Waals surface area (Å²) in [7, 11) is 0. The highest BCUT2D eigenvalue weighted by molar-refractivity contribution is 5.42. The summed E-state index contributed by atoms with van der Waals surface area (Å²) < 4.78 is 0. The van der Waals surface area contributed by atoms with Crippen LogP contribution in [0, 0.1) is 0 Å². The second kappa shape index (κ2) is 5.50. The molecule has 0 atom stereocenters. The fourth-order valence-electron chi connectivity index (χ4n) is 2.79. The molecule has 0 amide bonds. The molecule has 0 spiro atoms. The minimum Gasteiger partial charge on any atom is -0.355 e. The zero-order valence-corrected chi connectivity index (χ0v) is 10.9. The van der Waals surface area contributed by atoms with Gasteiger partial charge in [-0.1, -0.05) is 0 Å². The van der Waals surface area contributed by atoms with E-state index in [0.29, 0.717) is 0 Å². The van der Waals surface area contributed by atoms with Gasteiger partial charge in [0.25, 0.3) is 0 Å². The largest absolute Gasteiger partial charge is 0.355 e. The van der Waals surface area contributed by atoms with Crippen molar-refractivity contribution >= 4 is 11.8 Å². The molecule has 2 saturated heterocycles. The standard InChI is InChI=1S/C13H21N5/c1-3-7-17(8-4-1)12-11-14-16-13(15-12)18-9-5-2-6-10-18/h11H,1-10H2. The first-order chi connectivity index (χ1) is 8.93.